The minimum atomic E-state index is -0.203. The van der Waals surface area contributed by atoms with E-state index < -0.39 is 0 Å². The van der Waals surface area contributed by atoms with E-state index in [9.17, 15) is 4.79 Å². The molecule has 8 heteroatoms. The van der Waals surface area contributed by atoms with Crippen LogP contribution in [0, 0.1) is 13.8 Å². The zero-order valence-corrected chi connectivity index (χ0v) is 18.6. The van der Waals surface area contributed by atoms with Crippen molar-refractivity contribution in [2.45, 2.75) is 40.0 Å². The Morgan fingerprint density at radius 1 is 1.25 bits per heavy atom. The van der Waals surface area contributed by atoms with Crippen LogP contribution in [0.5, 0.6) is 5.75 Å². The molecule has 2 aromatic heterocycles. The van der Waals surface area contributed by atoms with Crippen LogP contribution in [0.3, 0.4) is 0 Å². The highest BCUT2D eigenvalue weighted by atomic mass is 16.5. The lowest BCUT2D eigenvalue weighted by Gasteiger charge is -2.32. The minimum Gasteiger partial charge on any atom is -0.488 e. The number of nitrogens with zero attached hydrogens (tertiary/aromatic N) is 3. The van der Waals surface area contributed by atoms with Crippen LogP contribution in [-0.2, 0) is 17.9 Å². The predicted molar refractivity (Wildman–Crippen MR) is 120 cm³/mol. The van der Waals surface area contributed by atoms with Gasteiger partial charge in [-0.05, 0) is 44.5 Å². The maximum Gasteiger partial charge on any atom is 0.255 e. The first kappa shape index (κ1) is 21.8. The summed E-state index contributed by atoms with van der Waals surface area (Å²) in [6, 6.07) is 11.2. The third-order valence-corrected chi connectivity index (χ3v) is 5.51. The van der Waals surface area contributed by atoms with Crippen molar-refractivity contribution < 1.29 is 18.8 Å². The number of morpholine rings is 1. The van der Waals surface area contributed by atoms with Crippen LogP contribution >= 0.6 is 0 Å². The van der Waals surface area contributed by atoms with Gasteiger partial charge in [-0.15, -0.1) is 0 Å². The van der Waals surface area contributed by atoms with Crippen molar-refractivity contribution in [3.63, 3.8) is 0 Å². The molecule has 0 bridgehead atoms. The Labute approximate surface area is 187 Å². The van der Waals surface area contributed by atoms with Crippen LogP contribution in [0.4, 0.5) is 5.82 Å². The summed E-state index contributed by atoms with van der Waals surface area (Å²) in [5.41, 5.74) is 3.08. The molecule has 0 aliphatic carbocycles. The number of hydrogen-bond donors (Lipinski definition) is 1. The molecule has 1 N–H and O–H groups in total. The largest absolute Gasteiger partial charge is 0.488 e. The molecule has 0 spiro atoms. The van der Waals surface area contributed by atoms with Gasteiger partial charge in [-0.2, -0.15) is 0 Å². The van der Waals surface area contributed by atoms with Gasteiger partial charge in [0.15, 0.2) is 0 Å². The molecule has 32 heavy (non-hydrogen) atoms. The Bertz CT molecular complexity index is 1040. The summed E-state index contributed by atoms with van der Waals surface area (Å²) in [7, 11) is 0. The van der Waals surface area contributed by atoms with E-state index in [2.05, 4.69) is 27.3 Å². The molecule has 0 radical (unpaired) electrons. The number of rotatable bonds is 7. The van der Waals surface area contributed by atoms with Gasteiger partial charge in [0.2, 0.25) is 0 Å². The lowest BCUT2D eigenvalue weighted by Crippen LogP contribution is -2.41. The van der Waals surface area contributed by atoms with Crippen LogP contribution in [0.1, 0.15) is 39.9 Å². The summed E-state index contributed by atoms with van der Waals surface area (Å²) in [6.07, 6.45) is 2.00. The topological polar surface area (TPSA) is 89.7 Å². The van der Waals surface area contributed by atoms with E-state index >= 15 is 0 Å². The van der Waals surface area contributed by atoms with Crippen molar-refractivity contribution >= 4 is 11.7 Å². The number of amides is 1. The third kappa shape index (κ3) is 5.08. The number of aromatic nitrogens is 2. The lowest BCUT2D eigenvalue weighted by molar-refractivity contribution is 0.0529. The Balaban J connectivity index is 1.36. The van der Waals surface area contributed by atoms with E-state index in [0.717, 1.165) is 35.7 Å². The average molecular weight is 437 g/mol. The summed E-state index contributed by atoms with van der Waals surface area (Å²) < 4.78 is 16.7. The maximum absolute atomic E-state index is 12.8. The zero-order valence-electron chi connectivity index (χ0n) is 18.6. The van der Waals surface area contributed by atoms with Crippen molar-refractivity contribution in [3.05, 3.63) is 70.7 Å². The maximum atomic E-state index is 12.8. The number of nitrogens with one attached hydrogen (secondary N) is 1. The highest BCUT2D eigenvalue weighted by molar-refractivity contribution is 5.96. The van der Waals surface area contributed by atoms with E-state index in [0.29, 0.717) is 30.2 Å². The molecule has 1 unspecified atom stereocenters. The summed E-state index contributed by atoms with van der Waals surface area (Å²) in [5, 5.41) is 6.89. The molecule has 8 nitrogen and oxygen atoms in total. The van der Waals surface area contributed by atoms with Crippen molar-refractivity contribution in [3.8, 4) is 5.75 Å². The van der Waals surface area contributed by atoms with E-state index in [4.69, 9.17) is 14.0 Å². The molecule has 1 amide bonds. The van der Waals surface area contributed by atoms with Gasteiger partial charge in [-0.1, -0.05) is 23.4 Å². The molecule has 168 valence electrons. The van der Waals surface area contributed by atoms with Gasteiger partial charge in [0.25, 0.3) is 5.91 Å². The number of carbonyl (C=O) groups is 1. The second-order valence-corrected chi connectivity index (χ2v) is 7.92. The number of ether oxygens (including phenoxy) is 2. The fraction of sp³-hybridized carbons (Fsp3) is 0.375. The first-order valence-electron chi connectivity index (χ1n) is 10.7. The normalized spacial score (nSPS) is 16.1. The molecule has 1 aromatic carbocycles. The van der Waals surface area contributed by atoms with Gasteiger partial charge in [-0.3, -0.25) is 4.79 Å². The van der Waals surface area contributed by atoms with Crippen LogP contribution in [0.25, 0.3) is 0 Å². The molecule has 4 rings (SSSR count). The van der Waals surface area contributed by atoms with Crippen LogP contribution < -0.4 is 15.0 Å². The number of aryl methyl sites for hydroxylation is 2. The van der Waals surface area contributed by atoms with Gasteiger partial charge in [0.05, 0.1) is 29.5 Å². The fourth-order valence-electron chi connectivity index (χ4n) is 3.65. The van der Waals surface area contributed by atoms with Gasteiger partial charge in [0.1, 0.15) is 23.9 Å². The standard InChI is InChI=1S/C24H28N4O4/c1-16-14-28(10-11-30-16)23-9-8-19(12-25-23)13-26-24(29)20-6-4-5-7-22(20)31-15-21-17(2)27-32-18(21)3/h4-9,12,16H,10-11,13-15H2,1-3H3,(H,26,29). The number of carbonyl (C=O) groups excluding carboxylic acids is 1. The number of anilines is 1. The third-order valence-electron chi connectivity index (χ3n) is 5.51. The Hall–Kier alpha value is -3.39. The Morgan fingerprint density at radius 2 is 2.09 bits per heavy atom. The molecular formula is C24H28N4O4. The van der Waals surface area contributed by atoms with Gasteiger partial charge < -0.3 is 24.2 Å². The highest BCUT2D eigenvalue weighted by Gasteiger charge is 2.18. The molecule has 3 aromatic rings. The van der Waals surface area contributed by atoms with Crippen molar-refractivity contribution in [2.24, 2.45) is 0 Å². The highest BCUT2D eigenvalue weighted by Crippen LogP contribution is 2.22. The Kier molecular flexibility index (Phi) is 6.70. The molecule has 1 saturated heterocycles. The van der Waals surface area contributed by atoms with Crippen LogP contribution in [-0.4, -0.2) is 41.8 Å². The molecule has 3 heterocycles. The van der Waals surface area contributed by atoms with E-state index in [-0.39, 0.29) is 18.6 Å². The number of hydrogen-bond acceptors (Lipinski definition) is 7. The molecule has 0 saturated carbocycles. The predicted octanol–water partition coefficient (Wildman–Crippen LogP) is 3.42. The monoisotopic (exact) mass is 436 g/mol. The van der Waals surface area contributed by atoms with Crippen molar-refractivity contribution in [1.82, 2.24) is 15.5 Å². The summed E-state index contributed by atoms with van der Waals surface area (Å²) >= 11 is 0. The smallest absolute Gasteiger partial charge is 0.255 e. The summed E-state index contributed by atoms with van der Waals surface area (Å²) in [6.45, 7) is 8.81. The molecule has 1 atom stereocenters. The molecule has 1 aliphatic heterocycles. The average Bonchev–Trinajstić information content (AvgIpc) is 3.13. The van der Waals surface area contributed by atoms with Gasteiger partial charge in [-0.25, -0.2) is 4.98 Å². The number of pyridine rings is 1. The number of para-hydroxylation sites is 1. The first-order valence-corrected chi connectivity index (χ1v) is 10.7. The van der Waals surface area contributed by atoms with Crippen LogP contribution in [0.15, 0.2) is 47.1 Å². The summed E-state index contributed by atoms with van der Waals surface area (Å²) in [4.78, 5) is 19.6. The zero-order chi connectivity index (χ0) is 22.5. The van der Waals surface area contributed by atoms with E-state index in [1.807, 2.05) is 38.1 Å². The van der Waals surface area contributed by atoms with Crippen molar-refractivity contribution in [2.75, 3.05) is 24.6 Å². The van der Waals surface area contributed by atoms with Gasteiger partial charge in [0, 0.05) is 25.8 Å². The minimum absolute atomic E-state index is 0.199. The first-order chi connectivity index (χ1) is 15.5. The van der Waals surface area contributed by atoms with Crippen LogP contribution in [0.2, 0.25) is 0 Å². The molecule has 1 fully saturated rings. The van der Waals surface area contributed by atoms with E-state index in [1.165, 1.54) is 0 Å². The molecular weight excluding hydrogens is 408 g/mol. The second kappa shape index (κ2) is 9.82. The SMILES string of the molecule is Cc1noc(C)c1COc1ccccc1C(=O)NCc1ccc(N2CCOC(C)C2)nc1. The van der Waals surface area contributed by atoms with Gasteiger partial charge >= 0.3 is 0 Å². The molecule has 1 aliphatic rings. The van der Waals surface area contributed by atoms with Crippen molar-refractivity contribution in [1.29, 1.82) is 0 Å². The second-order valence-electron chi connectivity index (χ2n) is 7.92. The number of benzene rings is 1. The lowest BCUT2D eigenvalue weighted by atomic mass is 10.1. The fourth-order valence-corrected chi connectivity index (χ4v) is 3.65. The summed E-state index contributed by atoms with van der Waals surface area (Å²) in [5.74, 6) is 1.95. The van der Waals surface area contributed by atoms with E-state index in [1.54, 1.807) is 18.3 Å². The quantitative estimate of drug-likeness (QED) is 0.607. The Morgan fingerprint density at radius 3 is 2.81 bits per heavy atom.